The molecule has 0 amide bonds. The summed E-state index contributed by atoms with van der Waals surface area (Å²) in [6.45, 7) is 12.0. The molecule has 2 rings (SSSR count). The van der Waals surface area contributed by atoms with E-state index in [0.717, 1.165) is 18.9 Å². The maximum atomic E-state index is 14.2. The zero-order valence-corrected chi connectivity index (χ0v) is 48.4. The van der Waals surface area contributed by atoms with E-state index in [2.05, 4.69) is 4.99 Å². The Morgan fingerprint density at radius 2 is 1.30 bits per heavy atom. The Bertz CT molecular complexity index is 1740. The third-order valence-electron chi connectivity index (χ3n) is 15.2. The lowest BCUT2D eigenvalue weighted by atomic mass is 9.84. The first-order valence-corrected chi connectivity index (χ1v) is 29.0. The van der Waals surface area contributed by atoms with E-state index >= 15 is 0 Å². The van der Waals surface area contributed by atoms with Crippen LogP contribution in [0.5, 0.6) is 0 Å². The number of aliphatic hydroxyl groups is 13. The molecule has 0 bridgehead atoms. The van der Waals surface area contributed by atoms with Crippen molar-refractivity contribution in [3.05, 3.63) is 23.3 Å². The number of nitrogens with zero attached hydrogens (tertiary/aromatic N) is 1. The number of allylic oxidation sites excluding steroid dienone is 1. The number of aliphatic hydroxyl groups excluding tert-OH is 13. The normalized spacial score (nSPS) is 37.1. The average molecular weight is 1140 g/mol. The maximum Gasteiger partial charge on any atom is 0.311 e. The molecule has 0 spiro atoms. The fourth-order valence-electron chi connectivity index (χ4n) is 10.3. The number of unbranched alkanes of at least 4 members (excludes halogenated alkanes) is 1. The summed E-state index contributed by atoms with van der Waals surface area (Å²) in [5.41, 5.74) is 12.4. The second-order valence-electron chi connectivity index (χ2n) is 22.7. The molecule has 0 aromatic heterocycles. The van der Waals surface area contributed by atoms with Gasteiger partial charge in [-0.25, -0.2) is 0 Å². The van der Waals surface area contributed by atoms with Crippen molar-refractivity contribution in [2.45, 2.75) is 281 Å². The molecule has 2 aliphatic rings. The molecule has 22 nitrogen and oxygen atoms in total. The van der Waals surface area contributed by atoms with Crippen molar-refractivity contribution in [2.75, 3.05) is 13.2 Å². The van der Waals surface area contributed by atoms with E-state index < -0.39 is 128 Å². The highest BCUT2D eigenvalue weighted by Crippen LogP contribution is 2.32. The fraction of sp³-hybridized carbons (Fsp3) is 0.877. The first kappa shape index (κ1) is 74.1. The molecule has 18 N–H and O–H groups in total. The smallest absolute Gasteiger partial charge is 0.311 e. The minimum absolute atomic E-state index is 0.0266. The molecule has 0 aromatic carbocycles. The summed E-state index contributed by atoms with van der Waals surface area (Å²) < 4.78 is 17.7. The molecule has 2 heterocycles. The van der Waals surface area contributed by atoms with E-state index in [0.29, 0.717) is 108 Å². The van der Waals surface area contributed by atoms with Crippen molar-refractivity contribution < 1.29 is 95.3 Å². The van der Waals surface area contributed by atoms with Gasteiger partial charge in [0.05, 0.1) is 73.6 Å². The van der Waals surface area contributed by atoms with Crippen molar-refractivity contribution in [3.63, 3.8) is 0 Å². The lowest BCUT2D eigenvalue weighted by molar-refractivity contribution is -0.202. The van der Waals surface area contributed by atoms with Gasteiger partial charge in [-0.1, -0.05) is 64.7 Å². The van der Waals surface area contributed by atoms with E-state index in [4.69, 9.17) is 35.6 Å². The second kappa shape index (κ2) is 40.3. The Morgan fingerprint density at radius 1 is 0.747 bits per heavy atom. The number of cyclic esters (lactones) is 1. The number of aliphatic imine (C=N–C) groups is 1. The number of esters is 1. The summed E-state index contributed by atoms with van der Waals surface area (Å²) in [5, 5.41) is 149. The second-order valence-corrected chi connectivity index (χ2v) is 22.7. The van der Waals surface area contributed by atoms with Gasteiger partial charge in [0.1, 0.15) is 30.5 Å². The molecule has 22 heteroatoms. The molecule has 16 unspecified atom stereocenters. The minimum Gasteiger partial charge on any atom is -0.481 e. The summed E-state index contributed by atoms with van der Waals surface area (Å²) in [5.74, 6) is -3.48. The van der Waals surface area contributed by atoms with Crippen LogP contribution in [0.2, 0.25) is 0 Å². The van der Waals surface area contributed by atoms with Crippen molar-refractivity contribution >= 4 is 17.9 Å². The molecule has 20 atom stereocenters. The maximum absolute atomic E-state index is 14.2. The average Bonchev–Trinajstić information content (AvgIpc) is 3.63. The zero-order valence-electron chi connectivity index (χ0n) is 48.4. The number of guanidine groups is 1. The lowest BCUT2D eigenvalue weighted by Crippen LogP contribution is -2.42. The number of aliphatic carboxylic acids is 1. The zero-order chi connectivity index (χ0) is 59.9. The van der Waals surface area contributed by atoms with E-state index in [9.17, 15) is 71.2 Å². The van der Waals surface area contributed by atoms with Crippen LogP contribution in [0.15, 0.2) is 28.3 Å². The molecule has 0 radical (unpaired) electrons. The third-order valence-corrected chi connectivity index (χ3v) is 15.2. The van der Waals surface area contributed by atoms with Gasteiger partial charge in [-0.3, -0.25) is 14.6 Å². The number of carbonyl (C=O) groups excluding carboxylic acids is 1. The molecule has 0 aromatic rings. The Balaban J connectivity index is 0.00000752. The van der Waals surface area contributed by atoms with Crippen LogP contribution in [0.4, 0.5) is 0 Å². The number of nitrogens with two attached hydrogens (primary N) is 2. The molecule has 464 valence electrons. The molecule has 2 aliphatic heterocycles. The van der Waals surface area contributed by atoms with Crippen LogP contribution in [0, 0.1) is 23.7 Å². The van der Waals surface area contributed by atoms with Crippen LogP contribution in [0.1, 0.15) is 183 Å². The van der Waals surface area contributed by atoms with Gasteiger partial charge in [-0.05, 0) is 134 Å². The molecular formula is C57H107N3O19. The highest BCUT2D eigenvalue weighted by atomic mass is 16.7. The molecule has 0 aliphatic carbocycles. The van der Waals surface area contributed by atoms with Gasteiger partial charge >= 0.3 is 5.97 Å². The highest BCUT2D eigenvalue weighted by Gasteiger charge is 2.45. The third kappa shape index (κ3) is 30.8. The molecule has 0 saturated carbocycles. The fourth-order valence-corrected chi connectivity index (χ4v) is 10.3. The topological polar surface area (TPSA) is 409 Å². The first-order valence-electron chi connectivity index (χ1n) is 29.0. The standard InChI is InChI=1S/C55H103N3O17.C2H4O2/c1-7-8-19-43-49(69)33(3)22-23-38(61)17-11-16-37(60)18-12-20-44(66)34(4)26-47(73-54-51(71)50(70)48(31-59)74-54)46(68)30-42(65)29-41(64)28-40(63)27-39(62)15-10-9-14-32(2)25-35(5)52(75-53(43)72)36(6)45(67)21-13-24-58-55(56)57;1-2(3)4/h25-26,33,35-52,54,59-71H,7-24,27-31H2,1-6H3,(H4,56,57,58);1H3,(H,3,4)/b32-25+,34-26+;/t33?,35?,36?,37?,38?,39?,40?,41?,42?,43?,44?,45?,46?,47?,48-,49?,50-,51+,52?,54+;/m1./s1. The Labute approximate surface area is 469 Å². The van der Waals surface area contributed by atoms with Gasteiger partial charge in [-0.2, -0.15) is 0 Å². The minimum atomic E-state index is -1.59. The Morgan fingerprint density at radius 3 is 1.87 bits per heavy atom. The summed E-state index contributed by atoms with van der Waals surface area (Å²) >= 11 is 0. The van der Waals surface area contributed by atoms with E-state index in [-0.39, 0.29) is 49.9 Å². The number of rotatable bonds is 12. The molecule has 1 saturated heterocycles. The van der Waals surface area contributed by atoms with Gasteiger partial charge in [0.15, 0.2) is 12.2 Å². The quantitative estimate of drug-likeness (QED) is 0.0438. The monoisotopic (exact) mass is 1140 g/mol. The number of ether oxygens (including phenoxy) is 3. The SMILES string of the molecule is CC(=O)O.CCCCC1C(=O)OC(C(C)C(O)CCCN=C(N)N)C(C)/C=C(\C)CCCCC(O)CC(O)CC(O)CC(O)CC(O)C(O[C@H]2O[C@H](CO)[C@@H](O)[C@@H]2O)/C=C(\C)C(O)CCCC(O)CCCC(O)CCC(C)C1O. The van der Waals surface area contributed by atoms with Gasteiger partial charge in [-0.15, -0.1) is 0 Å². The lowest BCUT2D eigenvalue weighted by Gasteiger charge is -2.34. The van der Waals surface area contributed by atoms with E-state index in [1.54, 1.807) is 6.92 Å². The Kier molecular flexibility index (Phi) is 37.8. The molecule has 79 heavy (non-hydrogen) atoms. The van der Waals surface area contributed by atoms with Crippen molar-refractivity contribution in [3.8, 4) is 0 Å². The summed E-state index contributed by atoms with van der Waals surface area (Å²) in [6.07, 6.45) is -7.42. The van der Waals surface area contributed by atoms with Crippen LogP contribution in [-0.2, 0) is 23.8 Å². The van der Waals surface area contributed by atoms with Crippen LogP contribution in [0.25, 0.3) is 0 Å². The summed E-state index contributed by atoms with van der Waals surface area (Å²) in [7, 11) is 0. The van der Waals surface area contributed by atoms with Crippen molar-refractivity contribution in [1.29, 1.82) is 0 Å². The predicted octanol–water partition coefficient (Wildman–Crippen LogP) is 2.34. The number of hydrogen-bond donors (Lipinski definition) is 16. The van der Waals surface area contributed by atoms with Crippen LogP contribution < -0.4 is 11.5 Å². The number of carboxylic acid groups (broad SMARTS) is 1. The van der Waals surface area contributed by atoms with Crippen molar-refractivity contribution in [2.24, 2.45) is 40.1 Å². The summed E-state index contributed by atoms with van der Waals surface area (Å²) in [6, 6.07) is 0. The number of carboxylic acids is 1. The largest absolute Gasteiger partial charge is 0.481 e. The van der Waals surface area contributed by atoms with Gasteiger partial charge in [0.2, 0.25) is 0 Å². The van der Waals surface area contributed by atoms with Gasteiger partial charge < -0.3 is 97.2 Å². The summed E-state index contributed by atoms with van der Waals surface area (Å²) in [4.78, 5) is 27.2. The molecular weight excluding hydrogens is 1030 g/mol. The van der Waals surface area contributed by atoms with E-state index in [1.165, 1.54) is 6.08 Å². The van der Waals surface area contributed by atoms with Crippen LogP contribution in [0.3, 0.4) is 0 Å². The van der Waals surface area contributed by atoms with Crippen LogP contribution in [-0.4, -0.2) is 200 Å². The van der Waals surface area contributed by atoms with Crippen molar-refractivity contribution in [1.82, 2.24) is 0 Å². The van der Waals surface area contributed by atoms with E-state index in [1.807, 2.05) is 40.7 Å². The highest BCUT2D eigenvalue weighted by molar-refractivity contribution is 5.75. The first-order chi connectivity index (χ1) is 37.1. The number of hydrogen-bond acceptors (Lipinski definition) is 19. The Hall–Kier alpha value is -2.91. The van der Waals surface area contributed by atoms with Gasteiger partial charge in [0, 0.05) is 31.7 Å². The molecule has 1 fully saturated rings. The van der Waals surface area contributed by atoms with Crippen LogP contribution >= 0.6 is 0 Å². The van der Waals surface area contributed by atoms with Gasteiger partial charge in [0.25, 0.3) is 5.97 Å². The predicted molar refractivity (Wildman–Crippen MR) is 298 cm³/mol. The number of carbonyl (C=O) groups is 2.